The molecule has 106 valence electrons. The van der Waals surface area contributed by atoms with E-state index in [0.29, 0.717) is 18.4 Å². The van der Waals surface area contributed by atoms with Crippen LogP contribution in [0.3, 0.4) is 0 Å². The lowest BCUT2D eigenvalue weighted by Gasteiger charge is -2.30. The van der Waals surface area contributed by atoms with E-state index in [4.69, 9.17) is 9.63 Å². The fourth-order valence-electron chi connectivity index (χ4n) is 2.35. The molecular weight excluding hydrogens is 246 g/mol. The third kappa shape index (κ3) is 4.02. The van der Waals surface area contributed by atoms with Crippen LogP contribution in [0.1, 0.15) is 50.7 Å². The molecule has 0 aliphatic carbocycles. The molecule has 6 heteroatoms. The van der Waals surface area contributed by atoms with Gasteiger partial charge < -0.3 is 9.63 Å². The van der Waals surface area contributed by atoms with Crippen molar-refractivity contribution in [1.29, 1.82) is 0 Å². The summed E-state index contributed by atoms with van der Waals surface area (Å²) in [5.74, 6) is 1.29. The average Bonchev–Trinajstić information content (AvgIpc) is 2.80. The molecule has 0 radical (unpaired) electrons. The van der Waals surface area contributed by atoms with Gasteiger partial charge in [0.15, 0.2) is 5.82 Å². The van der Waals surface area contributed by atoms with Crippen LogP contribution in [-0.2, 0) is 11.3 Å². The van der Waals surface area contributed by atoms with Gasteiger partial charge >= 0.3 is 5.97 Å². The predicted octanol–water partition coefficient (Wildman–Crippen LogP) is 1.88. The first-order valence-electron chi connectivity index (χ1n) is 6.81. The van der Waals surface area contributed by atoms with Crippen LogP contribution in [0.4, 0.5) is 0 Å². The predicted molar refractivity (Wildman–Crippen MR) is 68.6 cm³/mol. The lowest BCUT2D eigenvalue weighted by Crippen LogP contribution is -2.34. The maximum absolute atomic E-state index is 10.7. The third-order valence-electron chi connectivity index (χ3n) is 3.53. The summed E-state index contributed by atoms with van der Waals surface area (Å²) in [7, 11) is 0. The number of hydrogen-bond acceptors (Lipinski definition) is 5. The van der Waals surface area contributed by atoms with E-state index >= 15 is 0 Å². The van der Waals surface area contributed by atoms with Crippen molar-refractivity contribution in [2.45, 2.75) is 45.6 Å². The van der Waals surface area contributed by atoms with Gasteiger partial charge in [0.2, 0.25) is 5.89 Å². The number of carboxylic acid groups (broad SMARTS) is 1. The topological polar surface area (TPSA) is 79.5 Å². The smallest absolute Gasteiger partial charge is 0.303 e. The van der Waals surface area contributed by atoms with E-state index in [-0.39, 0.29) is 12.3 Å². The zero-order valence-electron chi connectivity index (χ0n) is 11.5. The molecule has 0 unspecified atom stereocenters. The van der Waals surface area contributed by atoms with E-state index < -0.39 is 5.97 Å². The molecule has 0 bridgehead atoms. The minimum atomic E-state index is -0.697. The molecule has 19 heavy (non-hydrogen) atoms. The average molecular weight is 267 g/mol. The standard InChI is InChI=1S/C13H21N3O3/c1-9(2)13-14-11(19-15-13)8-16-5-3-10(4-6-16)7-12(17)18/h9-10H,3-8H2,1-2H3,(H,17,18). The van der Waals surface area contributed by atoms with Gasteiger partial charge in [-0.25, -0.2) is 0 Å². The molecule has 1 N–H and O–H groups in total. The highest BCUT2D eigenvalue weighted by Crippen LogP contribution is 2.21. The molecule has 0 saturated carbocycles. The molecule has 0 amide bonds. The largest absolute Gasteiger partial charge is 0.481 e. The molecule has 6 nitrogen and oxygen atoms in total. The number of piperidine rings is 1. The second-order valence-electron chi connectivity index (χ2n) is 5.52. The summed E-state index contributed by atoms with van der Waals surface area (Å²) >= 11 is 0. The van der Waals surface area contributed by atoms with Crippen molar-refractivity contribution >= 4 is 5.97 Å². The first-order valence-corrected chi connectivity index (χ1v) is 6.81. The molecule has 2 rings (SSSR count). The summed E-state index contributed by atoms with van der Waals surface area (Å²) in [6.45, 7) is 6.53. The van der Waals surface area contributed by atoms with Gasteiger partial charge in [-0.1, -0.05) is 19.0 Å². The van der Waals surface area contributed by atoms with Gasteiger partial charge in [-0.15, -0.1) is 0 Å². The highest BCUT2D eigenvalue weighted by atomic mass is 16.5. The van der Waals surface area contributed by atoms with Gasteiger partial charge in [0, 0.05) is 12.3 Å². The zero-order chi connectivity index (χ0) is 13.8. The van der Waals surface area contributed by atoms with Gasteiger partial charge in [-0.2, -0.15) is 4.98 Å². The molecule has 1 aliphatic rings. The second-order valence-corrected chi connectivity index (χ2v) is 5.52. The molecule has 1 aromatic heterocycles. The molecule has 1 aromatic rings. The quantitative estimate of drug-likeness (QED) is 0.877. The SMILES string of the molecule is CC(C)c1noc(CN2CCC(CC(=O)O)CC2)n1. The second kappa shape index (κ2) is 6.14. The Morgan fingerprint density at radius 1 is 1.47 bits per heavy atom. The fourth-order valence-corrected chi connectivity index (χ4v) is 2.35. The van der Waals surface area contributed by atoms with Crippen LogP contribution in [0, 0.1) is 5.92 Å². The van der Waals surface area contributed by atoms with Crippen molar-refractivity contribution in [2.24, 2.45) is 5.92 Å². The van der Waals surface area contributed by atoms with Crippen molar-refractivity contribution in [2.75, 3.05) is 13.1 Å². The Balaban J connectivity index is 1.80. The van der Waals surface area contributed by atoms with Crippen LogP contribution in [0.25, 0.3) is 0 Å². The Kier molecular flexibility index (Phi) is 4.52. The molecular formula is C13H21N3O3. The highest BCUT2D eigenvalue weighted by Gasteiger charge is 2.22. The molecule has 1 fully saturated rings. The molecule has 1 aliphatic heterocycles. The van der Waals surface area contributed by atoms with E-state index in [2.05, 4.69) is 15.0 Å². The number of aromatic nitrogens is 2. The minimum absolute atomic E-state index is 0.277. The number of rotatable bonds is 5. The number of nitrogens with zero attached hydrogens (tertiary/aromatic N) is 3. The monoisotopic (exact) mass is 267 g/mol. The van der Waals surface area contributed by atoms with Crippen LogP contribution < -0.4 is 0 Å². The molecule has 0 spiro atoms. The molecule has 0 aromatic carbocycles. The number of likely N-dealkylation sites (tertiary alicyclic amines) is 1. The Morgan fingerprint density at radius 2 is 2.16 bits per heavy atom. The van der Waals surface area contributed by atoms with Crippen molar-refractivity contribution in [1.82, 2.24) is 15.0 Å². The van der Waals surface area contributed by atoms with Crippen LogP contribution in [0.15, 0.2) is 4.52 Å². The summed E-state index contributed by atoms with van der Waals surface area (Å²) < 4.78 is 5.22. The maximum Gasteiger partial charge on any atom is 0.303 e. The van der Waals surface area contributed by atoms with Crippen LogP contribution in [0.5, 0.6) is 0 Å². The molecule has 1 saturated heterocycles. The Hall–Kier alpha value is -1.43. The van der Waals surface area contributed by atoms with E-state index in [1.54, 1.807) is 0 Å². The number of hydrogen-bond donors (Lipinski definition) is 1. The van der Waals surface area contributed by atoms with Crippen LogP contribution in [-0.4, -0.2) is 39.2 Å². The minimum Gasteiger partial charge on any atom is -0.481 e. The summed E-state index contributed by atoms with van der Waals surface area (Å²) in [5.41, 5.74) is 0. The first-order chi connectivity index (χ1) is 9.04. The van der Waals surface area contributed by atoms with Crippen molar-refractivity contribution in [3.8, 4) is 0 Å². The number of carbonyl (C=O) groups is 1. The summed E-state index contributed by atoms with van der Waals surface area (Å²) in [4.78, 5) is 17.3. The van der Waals surface area contributed by atoms with E-state index in [0.717, 1.165) is 31.8 Å². The van der Waals surface area contributed by atoms with E-state index in [9.17, 15) is 4.79 Å². The highest BCUT2D eigenvalue weighted by molar-refractivity contribution is 5.67. The van der Waals surface area contributed by atoms with E-state index in [1.165, 1.54) is 0 Å². The van der Waals surface area contributed by atoms with Crippen molar-refractivity contribution < 1.29 is 14.4 Å². The first kappa shape index (κ1) is 14.0. The lowest BCUT2D eigenvalue weighted by molar-refractivity contribution is -0.138. The Morgan fingerprint density at radius 3 is 2.68 bits per heavy atom. The third-order valence-corrected chi connectivity index (χ3v) is 3.53. The van der Waals surface area contributed by atoms with Crippen LogP contribution in [0.2, 0.25) is 0 Å². The number of aliphatic carboxylic acids is 1. The summed E-state index contributed by atoms with van der Waals surface area (Å²) in [5, 5.41) is 12.7. The van der Waals surface area contributed by atoms with Gasteiger partial charge in [-0.3, -0.25) is 9.69 Å². The molecule has 0 atom stereocenters. The Labute approximate surface area is 112 Å². The normalized spacial score (nSPS) is 18.1. The van der Waals surface area contributed by atoms with Gasteiger partial charge in [0.1, 0.15) is 0 Å². The van der Waals surface area contributed by atoms with Crippen molar-refractivity contribution in [3.05, 3.63) is 11.7 Å². The van der Waals surface area contributed by atoms with Gasteiger partial charge in [0.05, 0.1) is 6.54 Å². The van der Waals surface area contributed by atoms with Crippen molar-refractivity contribution in [3.63, 3.8) is 0 Å². The lowest BCUT2D eigenvalue weighted by atomic mass is 9.94. The summed E-state index contributed by atoms with van der Waals surface area (Å²) in [6, 6.07) is 0. The zero-order valence-corrected chi connectivity index (χ0v) is 11.5. The Bertz CT molecular complexity index is 423. The fraction of sp³-hybridized carbons (Fsp3) is 0.769. The maximum atomic E-state index is 10.7. The summed E-state index contributed by atoms with van der Waals surface area (Å²) in [6.07, 6.45) is 2.14. The van der Waals surface area contributed by atoms with Gasteiger partial charge in [0.25, 0.3) is 0 Å². The van der Waals surface area contributed by atoms with Gasteiger partial charge in [-0.05, 0) is 31.8 Å². The van der Waals surface area contributed by atoms with E-state index in [1.807, 2.05) is 13.8 Å². The molecule has 2 heterocycles. The number of carboxylic acids is 1. The van der Waals surface area contributed by atoms with Crippen LogP contribution >= 0.6 is 0 Å².